The van der Waals surface area contributed by atoms with Gasteiger partial charge in [0.1, 0.15) is 11.5 Å². The van der Waals surface area contributed by atoms with E-state index < -0.39 is 6.09 Å². The van der Waals surface area contributed by atoms with E-state index in [-0.39, 0.29) is 23.1 Å². The summed E-state index contributed by atoms with van der Waals surface area (Å²) in [5.74, 6) is -0.0680. The minimum absolute atomic E-state index is 0.0210. The van der Waals surface area contributed by atoms with Crippen molar-refractivity contribution in [1.29, 1.82) is 0 Å². The van der Waals surface area contributed by atoms with Gasteiger partial charge in [-0.25, -0.2) is 4.79 Å². The third-order valence-electron chi connectivity index (χ3n) is 6.51. The molecular weight excluding hydrogens is 482 g/mol. The number of nitrogens with one attached hydrogen (secondary N) is 1. The summed E-state index contributed by atoms with van der Waals surface area (Å²) >= 11 is 0. The van der Waals surface area contributed by atoms with Gasteiger partial charge in [0.05, 0.1) is 11.1 Å². The molecule has 1 amide bonds. The summed E-state index contributed by atoms with van der Waals surface area (Å²) in [5, 5.41) is 28.1. The number of aromatic nitrogens is 1. The van der Waals surface area contributed by atoms with Gasteiger partial charge >= 0.3 is 6.09 Å². The van der Waals surface area contributed by atoms with Crippen LogP contribution in [-0.4, -0.2) is 46.0 Å². The predicted octanol–water partition coefficient (Wildman–Crippen LogP) is 6.35. The number of aryl methyl sites for hydroxylation is 1. The maximum Gasteiger partial charge on any atom is 0.414 e. The van der Waals surface area contributed by atoms with E-state index in [2.05, 4.69) is 29.2 Å². The summed E-state index contributed by atoms with van der Waals surface area (Å²) < 4.78 is 11.2. The smallest absolute Gasteiger partial charge is 0.414 e. The molecule has 0 bridgehead atoms. The highest BCUT2D eigenvalue weighted by Gasteiger charge is 2.26. The number of aromatic hydroxyl groups is 2. The molecule has 0 saturated heterocycles. The molecule has 0 aliphatic rings. The van der Waals surface area contributed by atoms with Crippen molar-refractivity contribution in [2.75, 3.05) is 19.6 Å². The Morgan fingerprint density at radius 1 is 0.947 bits per heavy atom. The van der Waals surface area contributed by atoms with E-state index >= 15 is 0 Å². The van der Waals surface area contributed by atoms with E-state index in [9.17, 15) is 15.0 Å². The number of benzene rings is 3. The lowest BCUT2D eigenvalue weighted by Gasteiger charge is -2.18. The van der Waals surface area contributed by atoms with Crippen LogP contribution in [0.1, 0.15) is 31.9 Å². The normalized spacial score (nSPS) is 11.1. The number of ether oxygens (including phenoxy) is 1. The first-order chi connectivity index (χ1) is 18.4. The Kier molecular flexibility index (Phi) is 8.33. The lowest BCUT2D eigenvalue weighted by molar-refractivity contribution is 0.196. The lowest BCUT2D eigenvalue weighted by Crippen LogP contribution is -2.26. The molecule has 1 heterocycles. The molecule has 4 rings (SSSR count). The molecule has 3 N–H and O–H groups in total. The molecule has 1 aromatic heterocycles. The summed E-state index contributed by atoms with van der Waals surface area (Å²) in [5.41, 5.74) is 4.86. The van der Waals surface area contributed by atoms with Gasteiger partial charge in [-0.1, -0.05) is 62.4 Å². The molecule has 0 unspecified atom stereocenters. The van der Waals surface area contributed by atoms with Gasteiger partial charge in [-0.15, -0.1) is 0 Å². The lowest BCUT2D eigenvalue weighted by atomic mass is 9.94. The van der Waals surface area contributed by atoms with Crippen LogP contribution in [0.3, 0.4) is 0 Å². The number of hydrogen-bond donors (Lipinski definition) is 3. The Morgan fingerprint density at radius 2 is 1.63 bits per heavy atom. The molecule has 0 radical (unpaired) electrons. The summed E-state index contributed by atoms with van der Waals surface area (Å²) in [7, 11) is 0. The minimum atomic E-state index is -0.665. The monoisotopic (exact) mass is 515 g/mol. The van der Waals surface area contributed by atoms with Gasteiger partial charge in [0.25, 0.3) is 5.88 Å². The van der Waals surface area contributed by atoms with Gasteiger partial charge in [0.15, 0.2) is 5.76 Å². The maximum atomic E-state index is 12.3. The first-order valence-electron chi connectivity index (χ1n) is 12.8. The average molecular weight is 516 g/mol. The molecule has 0 aliphatic heterocycles. The predicted molar refractivity (Wildman–Crippen MR) is 147 cm³/mol. The van der Waals surface area contributed by atoms with Crippen molar-refractivity contribution in [1.82, 2.24) is 15.4 Å². The topological polar surface area (TPSA) is 108 Å². The van der Waals surface area contributed by atoms with Crippen LogP contribution in [0.25, 0.3) is 33.6 Å². The number of carbonyl (C=O) groups is 1. The average Bonchev–Trinajstić information content (AvgIpc) is 3.31. The van der Waals surface area contributed by atoms with Gasteiger partial charge in [-0.3, -0.25) is 4.90 Å². The fourth-order valence-corrected chi connectivity index (χ4v) is 4.38. The molecule has 0 atom stereocenters. The number of carbonyl (C=O) groups excluding carboxylic acids is 1. The largest absolute Gasteiger partial charge is 0.507 e. The molecule has 0 spiro atoms. The van der Waals surface area contributed by atoms with E-state index in [0.717, 1.165) is 36.3 Å². The summed E-state index contributed by atoms with van der Waals surface area (Å²) in [6.07, 6.45) is -0.665. The second-order valence-corrected chi connectivity index (χ2v) is 8.97. The highest BCUT2D eigenvalue weighted by molar-refractivity contribution is 5.90. The van der Waals surface area contributed by atoms with Crippen LogP contribution in [0.2, 0.25) is 0 Å². The highest BCUT2D eigenvalue weighted by Crippen LogP contribution is 2.46. The first kappa shape index (κ1) is 26.8. The zero-order valence-electron chi connectivity index (χ0n) is 22.1. The van der Waals surface area contributed by atoms with E-state index in [4.69, 9.17) is 9.26 Å². The number of hydrogen-bond acceptors (Lipinski definition) is 7. The maximum absolute atomic E-state index is 12.3. The molecule has 198 valence electrons. The van der Waals surface area contributed by atoms with Crippen molar-refractivity contribution in [3.63, 3.8) is 0 Å². The van der Waals surface area contributed by atoms with Gasteiger partial charge < -0.3 is 24.8 Å². The fourth-order valence-electron chi connectivity index (χ4n) is 4.38. The SMILES string of the molecule is CCNC(=O)Oc1noc(-c2cc(-c3ccccc3C)c(O)cc2O)c1-c1ccc(CN(CC)CC)cc1. The molecular formula is C30H33N3O5. The number of amides is 1. The van der Waals surface area contributed by atoms with Crippen LogP contribution in [0.5, 0.6) is 17.4 Å². The summed E-state index contributed by atoms with van der Waals surface area (Å²) in [4.78, 5) is 14.6. The standard InChI is InChI=1S/C30H33N3O5/c1-5-31-30(36)37-29-27(21-14-12-20(13-15-21)18-33(6-2)7-3)28(38-32-29)24-16-23(25(34)17-26(24)35)22-11-9-8-10-19(22)4/h8-17,34-35H,5-7,18H2,1-4H3,(H,31,36). The van der Waals surface area contributed by atoms with Crippen molar-refractivity contribution in [2.45, 2.75) is 34.2 Å². The van der Waals surface area contributed by atoms with Gasteiger partial charge in [0, 0.05) is 24.7 Å². The molecule has 3 aromatic carbocycles. The first-order valence-corrected chi connectivity index (χ1v) is 12.8. The van der Waals surface area contributed by atoms with Crippen molar-refractivity contribution in [3.8, 4) is 51.0 Å². The van der Waals surface area contributed by atoms with Crippen LogP contribution < -0.4 is 10.1 Å². The molecule has 8 heteroatoms. The van der Waals surface area contributed by atoms with Crippen molar-refractivity contribution in [3.05, 3.63) is 71.8 Å². The van der Waals surface area contributed by atoms with Gasteiger partial charge in [-0.05, 0) is 60.4 Å². The number of rotatable bonds is 9. The molecule has 0 fully saturated rings. The zero-order valence-corrected chi connectivity index (χ0v) is 22.1. The molecule has 4 aromatic rings. The Morgan fingerprint density at radius 3 is 2.29 bits per heavy atom. The second kappa shape index (κ2) is 11.8. The van der Waals surface area contributed by atoms with E-state index in [1.165, 1.54) is 6.07 Å². The molecule has 0 saturated carbocycles. The Labute approximate surface area is 222 Å². The van der Waals surface area contributed by atoms with Crippen molar-refractivity contribution in [2.24, 2.45) is 0 Å². The van der Waals surface area contributed by atoms with Crippen molar-refractivity contribution >= 4 is 6.09 Å². The third-order valence-corrected chi connectivity index (χ3v) is 6.51. The minimum Gasteiger partial charge on any atom is -0.507 e. The molecule has 38 heavy (non-hydrogen) atoms. The zero-order chi connectivity index (χ0) is 27.2. The fraction of sp³-hybridized carbons (Fsp3) is 0.267. The van der Waals surface area contributed by atoms with Crippen LogP contribution in [-0.2, 0) is 6.54 Å². The van der Waals surface area contributed by atoms with Crippen LogP contribution in [0.15, 0.2) is 65.2 Å². The molecule has 8 nitrogen and oxygen atoms in total. The Balaban J connectivity index is 1.84. The summed E-state index contributed by atoms with van der Waals surface area (Å²) in [6, 6.07) is 18.4. The number of phenolic OH excluding ortho intramolecular Hbond substituents is 2. The highest BCUT2D eigenvalue weighted by atomic mass is 16.6. The van der Waals surface area contributed by atoms with Crippen LogP contribution >= 0.6 is 0 Å². The molecule has 0 aliphatic carbocycles. The Bertz CT molecular complexity index is 1410. The third kappa shape index (κ3) is 5.65. The van der Waals surface area contributed by atoms with E-state index in [1.54, 1.807) is 13.0 Å². The second-order valence-electron chi connectivity index (χ2n) is 8.97. The number of phenols is 2. The van der Waals surface area contributed by atoms with Crippen LogP contribution in [0, 0.1) is 6.92 Å². The summed E-state index contributed by atoms with van der Waals surface area (Å²) in [6.45, 7) is 11.1. The quantitative estimate of drug-likeness (QED) is 0.238. The van der Waals surface area contributed by atoms with Gasteiger partial charge in [0.2, 0.25) is 0 Å². The number of nitrogens with zero attached hydrogens (tertiary/aromatic N) is 2. The Hall–Kier alpha value is -4.30. The van der Waals surface area contributed by atoms with Crippen molar-refractivity contribution < 1.29 is 24.3 Å². The van der Waals surface area contributed by atoms with E-state index in [1.807, 2.05) is 55.5 Å². The van der Waals surface area contributed by atoms with Gasteiger partial charge in [-0.2, -0.15) is 0 Å². The van der Waals surface area contributed by atoms with E-state index in [0.29, 0.717) is 28.8 Å². The van der Waals surface area contributed by atoms with Crippen LogP contribution in [0.4, 0.5) is 4.79 Å².